The number of piperazine rings is 1. The Kier molecular flexibility index (Phi) is 5.36. The number of hydrogen-bond acceptors (Lipinski definition) is 6. The van der Waals surface area contributed by atoms with Gasteiger partial charge < -0.3 is 15.0 Å². The number of fused-ring (bicyclic) bond motifs is 2. The maximum absolute atomic E-state index is 12.6. The monoisotopic (exact) mass is 397 g/mol. The third-order valence-corrected chi connectivity index (χ3v) is 5.83. The Morgan fingerprint density at radius 2 is 1.86 bits per heavy atom. The number of imide groups is 1. The summed E-state index contributed by atoms with van der Waals surface area (Å²) in [4.78, 5) is 39.7. The predicted octanol–water partition coefficient (Wildman–Crippen LogP) is 0.210. The molecule has 3 aliphatic heterocycles. The number of nitrogens with one attached hydrogen (secondary N) is 2. The molecule has 3 atom stereocenters. The molecular formula is C20H23N5O4. The number of rotatable bonds is 6. The molecule has 2 N–H and O–H groups in total. The van der Waals surface area contributed by atoms with E-state index < -0.39 is 18.0 Å². The molecule has 3 aliphatic rings. The summed E-state index contributed by atoms with van der Waals surface area (Å²) in [7, 11) is 0. The van der Waals surface area contributed by atoms with Gasteiger partial charge in [-0.2, -0.15) is 5.26 Å². The number of carbonyl (C=O) groups excluding carboxylic acids is 3. The van der Waals surface area contributed by atoms with Gasteiger partial charge in [0.15, 0.2) is 0 Å². The second-order valence-electron chi connectivity index (χ2n) is 7.63. The van der Waals surface area contributed by atoms with Gasteiger partial charge in [0.2, 0.25) is 5.91 Å². The third kappa shape index (κ3) is 4.17. The van der Waals surface area contributed by atoms with Crippen LogP contribution in [0.3, 0.4) is 0 Å². The Balaban J connectivity index is 1.26. The Bertz CT molecular complexity index is 835. The van der Waals surface area contributed by atoms with Gasteiger partial charge in [-0.1, -0.05) is 0 Å². The Morgan fingerprint density at radius 1 is 1.17 bits per heavy atom. The molecule has 9 nitrogen and oxygen atoms in total. The molecular weight excluding hydrogens is 374 g/mol. The number of amides is 4. The van der Waals surface area contributed by atoms with Crippen molar-refractivity contribution in [2.45, 2.75) is 37.4 Å². The van der Waals surface area contributed by atoms with Gasteiger partial charge in [-0.05, 0) is 37.1 Å². The second-order valence-corrected chi connectivity index (χ2v) is 7.63. The van der Waals surface area contributed by atoms with Crippen LogP contribution in [0, 0.1) is 11.3 Å². The molecule has 0 aliphatic carbocycles. The molecule has 0 aromatic heterocycles. The van der Waals surface area contributed by atoms with Crippen molar-refractivity contribution in [1.29, 1.82) is 5.26 Å². The molecule has 3 saturated heterocycles. The molecule has 4 amide bonds. The van der Waals surface area contributed by atoms with Gasteiger partial charge in [0.25, 0.3) is 5.91 Å². The molecule has 1 aromatic carbocycles. The zero-order chi connectivity index (χ0) is 20.4. The Hall–Kier alpha value is -3.12. The topological polar surface area (TPSA) is 115 Å². The smallest absolute Gasteiger partial charge is 0.322 e. The minimum Gasteiger partial charge on any atom is -0.492 e. The van der Waals surface area contributed by atoms with Gasteiger partial charge >= 0.3 is 6.03 Å². The normalized spacial score (nSPS) is 26.0. The van der Waals surface area contributed by atoms with Gasteiger partial charge in [0, 0.05) is 31.7 Å². The fourth-order valence-corrected chi connectivity index (χ4v) is 4.36. The van der Waals surface area contributed by atoms with Crippen LogP contribution in [0.25, 0.3) is 0 Å². The van der Waals surface area contributed by atoms with Gasteiger partial charge in [-0.15, -0.1) is 0 Å². The maximum atomic E-state index is 12.6. The van der Waals surface area contributed by atoms with E-state index in [1.54, 1.807) is 24.3 Å². The van der Waals surface area contributed by atoms with Crippen molar-refractivity contribution >= 4 is 17.8 Å². The number of benzene rings is 1. The lowest BCUT2D eigenvalue weighted by Crippen LogP contribution is -2.56. The lowest BCUT2D eigenvalue weighted by atomic mass is 10.1. The molecule has 152 valence electrons. The van der Waals surface area contributed by atoms with Gasteiger partial charge in [-0.3, -0.25) is 19.8 Å². The zero-order valence-electron chi connectivity index (χ0n) is 16.0. The Labute approximate surface area is 168 Å². The van der Waals surface area contributed by atoms with Crippen LogP contribution in [-0.4, -0.2) is 72.0 Å². The summed E-state index contributed by atoms with van der Waals surface area (Å²) < 4.78 is 5.80. The van der Waals surface area contributed by atoms with Crippen molar-refractivity contribution in [3.63, 3.8) is 0 Å². The molecule has 2 bridgehead atoms. The highest BCUT2D eigenvalue weighted by Crippen LogP contribution is 2.30. The van der Waals surface area contributed by atoms with Crippen LogP contribution in [-0.2, 0) is 9.59 Å². The van der Waals surface area contributed by atoms with Crippen LogP contribution >= 0.6 is 0 Å². The van der Waals surface area contributed by atoms with Crippen molar-refractivity contribution in [3.8, 4) is 11.8 Å². The molecule has 4 rings (SSSR count). The van der Waals surface area contributed by atoms with Crippen molar-refractivity contribution in [2.24, 2.45) is 0 Å². The fourth-order valence-electron chi connectivity index (χ4n) is 4.36. The molecule has 0 radical (unpaired) electrons. The van der Waals surface area contributed by atoms with Crippen molar-refractivity contribution < 1.29 is 19.1 Å². The van der Waals surface area contributed by atoms with Gasteiger partial charge in [0.1, 0.15) is 18.4 Å². The van der Waals surface area contributed by atoms with Crippen LogP contribution in [0.5, 0.6) is 5.75 Å². The molecule has 9 heteroatoms. The third-order valence-electron chi connectivity index (χ3n) is 5.83. The predicted molar refractivity (Wildman–Crippen MR) is 102 cm³/mol. The van der Waals surface area contributed by atoms with Crippen molar-refractivity contribution in [1.82, 2.24) is 20.4 Å². The number of urea groups is 1. The largest absolute Gasteiger partial charge is 0.492 e. The quantitative estimate of drug-likeness (QED) is 0.663. The van der Waals surface area contributed by atoms with Crippen LogP contribution in [0.4, 0.5) is 4.79 Å². The van der Waals surface area contributed by atoms with Crippen LogP contribution in [0.1, 0.15) is 24.8 Å². The van der Waals surface area contributed by atoms with E-state index >= 15 is 0 Å². The first-order valence-electron chi connectivity index (χ1n) is 9.81. The average molecular weight is 397 g/mol. The van der Waals surface area contributed by atoms with Crippen molar-refractivity contribution in [3.05, 3.63) is 29.8 Å². The highest BCUT2D eigenvalue weighted by atomic mass is 16.5. The summed E-state index contributed by atoms with van der Waals surface area (Å²) in [5, 5.41) is 13.5. The van der Waals surface area contributed by atoms with Gasteiger partial charge in [0.05, 0.1) is 18.1 Å². The number of nitrogens with zero attached hydrogens (tertiary/aromatic N) is 3. The summed E-state index contributed by atoms with van der Waals surface area (Å²) in [6.07, 6.45) is 2.07. The van der Waals surface area contributed by atoms with E-state index in [0.717, 1.165) is 25.1 Å². The maximum Gasteiger partial charge on any atom is 0.322 e. The zero-order valence-corrected chi connectivity index (χ0v) is 16.0. The molecule has 29 heavy (non-hydrogen) atoms. The highest BCUT2D eigenvalue weighted by molar-refractivity contribution is 6.05. The van der Waals surface area contributed by atoms with E-state index in [-0.39, 0.29) is 24.4 Å². The second kappa shape index (κ2) is 8.09. The minimum atomic E-state index is -0.772. The molecule has 1 aromatic rings. The number of nitriles is 1. The van der Waals surface area contributed by atoms with E-state index in [0.29, 0.717) is 25.3 Å². The number of ether oxygens (including phenoxy) is 1. The van der Waals surface area contributed by atoms with Crippen molar-refractivity contribution in [2.75, 3.05) is 26.2 Å². The summed E-state index contributed by atoms with van der Waals surface area (Å²) >= 11 is 0. The first-order valence-corrected chi connectivity index (χ1v) is 9.81. The first kappa shape index (κ1) is 19.2. The molecule has 0 saturated carbocycles. The molecule has 3 fully saturated rings. The van der Waals surface area contributed by atoms with E-state index in [9.17, 15) is 14.4 Å². The standard InChI is InChI=1S/C20H23N5O4/c21-10-13-1-5-16(6-2-13)29-8-7-25-14-3-4-15(25)12-24(11-14)18(26)9-17-19(27)23-20(28)22-17/h1-2,5-6,14-15,17H,3-4,7-9,11-12H2,(H2,22,23,27,28). The van der Waals surface area contributed by atoms with Gasteiger partial charge in [-0.25, -0.2) is 4.79 Å². The average Bonchev–Trinajstić information content (AvgIpc) is 3.14. The van der Waals surface area contributed by atoms with E-state index in [2.05, 4.69) is 21.6 Å². The number of likely N-dealkylation sites (tertiary alicyclic amines) is 1. The molecule has 3 unspecified atom stereocenters. The fraction of sp³-hybridized carbons (Fsp3) is 0.500. The van der Waals surface area contributed by atoms with Crippen LogP contribution in [0.15, 0.2) is 24.3 Å². The molecule has 0 spiro atoms. The first-order chi connectivity index (χ1) is 14.0. The molecule has 3 heterocycles. The number of carbonyl (C=O) groups is 3. The highest BCUT2D eigenvalue weighted by Gasteiger charge is 2.42. The van der Waals surface area contributed by atoms with E-state index in [1.807, 2.05) is 4.90 Å². The van der Waals surface area contributed by atoms with Crippen LogP contribution in [0.2, 0.25) is 0 Å². The lowest BCUT2D eigenvalue weighted by Gasteiger charge is -2.41. The van der Waals surface area contributed by atoms with Crippen LogP contribution < -0.4 is 15.4 Å². The lowest BCUT2D eigenvalue weighted by molar-refractivity contribution is -0.137. The minimum absolute atomic E-state index is 0.00117. The summed E-state index contributed by atoms with van der Waals surface area (Å²) in [6.45, 7) is 2.59. The number of hydrogen-bond donors (Lipinski definition) is 2. The summed E-state index contributed by atoms with van der Waals surface area (Å²) in [5.41, 5.74) is 0.603. The summed E-state index contributed by atoms with van der Waals surface area (Å²) in [5.74, 6) is 0.199. The summed E-state index contributed by atoms with van der Waals surface area (Å²) in [6, 6.07) is 8.39. The Morgan fingerprint density at radius 3 is 2.45 bits per heavy atom. The van der Waals surface area contributed by atoms with E-state index in [4.69, 9.17) is 10.00 Å². The SMILES string of the molecule is N#Cc1ccc(OCCN2C3CCC2CN(C(=O)CC2NC(=O)NC2=O)C3)cc1. The van der Waals surface area contributed by atoms with E-state index in [1.165, 1.54) is 0 Å².